The SMILES string of the molecule is CC(C)(N)CN1CC2(CCC2)c2ccccc21.Cl. The highest BCUT2D eigenvalue weighted by Gasteiger charge is 2.47. The molecule has 1 aromatic rings. The van der Waals surface area contributed by atoms with Crippen LogP contribution in [-0.4, -0.2) is 18.6 Å². The minimum absolute atomic E-state index is 0. The van der Waals surface area contributed by atoms with E-state index in [1.165, 1.54) is 31.5 Å². The molecule has 3 heteroatoms. The lowest BCUT2D eigenvalue weighted by Gasteiger charge is -2.39. The molecule has 0 aromatic heterocycles. The van der Waals surface area contributed by atoms with Crippen LogP contribution in [0.15, 0.2) is 24.3 Å². The third-order valence-corrected chi connectivity index (χ3v) is 4.22. The van der Waals surface area contributed by atoms with Crippen molar-refractivity contribution in [3.05, 3.63) is 29.8 Å². The van der Waals surface area contributed by atoms with Crippen LogP contribution in [0.4, 0.5) is 5.69 Å². The molecule has 1 spiro atoms. The van der Waals surface area contributed by atoms with Gasteiger partial charge in [-0.2, -0.15) is 0 Å². The van der Waals surface area contributed by atoms with Gasteiger partial charge in [-0.05, 0) is 38.3 Å². The topological polar surface area (TPSA) is 29.3 Å². The fraction of sp³-hybridized carbons (Fsp3) is 0.600. The standard InChI is InChI=1S/C15H22N2.ClH/c1-14(2,16)10-17-11-15(8-5-9-15)12-6-3-4-7-13(12)17;/h3-4,6-7H,5,8-11,16H2,1-2H3;1H. The lowest BCUT2D eigenvalue weighted by molar-refractivity contribution is 0.261. The van der Waals surface area contributed by atoms with Crippen LogP contribution in [0.3, 0.4) is 0 Å². The second-order valence-corrected chi connectivity index (χ2v) is 6.50. The highest BCUT2D eigenvalue weighted by molar-refractivity contribution is 5.85. The molecule has 0 atom stereocenters. The van der Waals surface area contributed by atoms with Crippen LogP contribution in [0.2, 0.25) is 0 Å². The maximum atomic E-state index is 6.18. The van der Waals surface area contributed by atoms with E-state index in [1.807, 2.05) is 0 Å². The maximum Gasteiger partial charge on any atom is 0.0406 e. The zero-order valence-electron chi connectivity index (χ0n) is 11.3. The molecule has 1 aliphatic heterocycles. The first kappa shape index (κ1) is 13.7. The molecule has 0 saturated heterocycles. The molecule has 1 fully saturated rings. The third-order valence-electron chi connectivity index (χ3n) is 4.22. The van der Waals surface area contributed by atoms with Crippen molar-refractivity contribution in [2.75, 3.05) is 18.0 Å². The Morgan fingerprint density at radius 2 is 1.94 bits per heavy atom. The van der Waals surface area contributed by atoms with Crippen molar-refractivity contribution in [2.24, 2.45) is 5.73 Å². The van der Waals surface area contributed by atoms with Gasteiger partial charge in [-0.25, -0.2) is 0 Å². The highest BCUT2D eigenvalue weighted by atomic mass is 35.5. The number of para-hydroxylation sites is 1. The molecule has 18 heavy (non-hydrogen) atoms. The average Bonchev–Trinajstić information content (AvgIpc) is 2.51. The van der Waals surface area contributed by atoms with Crippen molar-refractivity contribution in [1.82, 2.24) is 0 Å². The lowest BCUT2D eigenvalue weighted by Crippen LogP contribution is -2.47. The number of fused-ring (bicyclic) bond motifs is 2. The monoisotopic (exact) mass is 266 g/mol. The molecule has 3 rings (SSSR count). The Morgan fingerprint density at radius 3 is 2.50 bits per heavy atom. The minimum atomic E-state index is -0.123. The number of benzene rings is 1. The molecule has 0 bridgehead atoms. The van der Waals surface area contributed by atoms with Crippen LogP contribution in [0.25, 0.3) is 0 Å². The number of rotatable bonds is 2. The van der Waals surface area contributed by atoms with Crippen molar-refractivity contribution in [2.45, 2.75) is 44.1 Å². The number of halogens is 1. The molecule has 2 nitrogen and oxygen atoms in total. The zero-order chi connectivity index (χ0) is 12.1. The van der Waals surface area contributed by atoms with Gasteiger partial charge in [-0.15, -0.1) is 12.4 Å². The molecule has 100 valence electrons. The van der Waals surface area contributed by atoms with E-state index in [-0.39, 0.29) is 17.9 Å². The van der Waals surface area contributed by atoms with Crippen LogP contribution in [-0.2, 0) is 5.41 Å². The summed E-state index contributed by atoms with van der Waals surface area (Å²) in [5.41, 5.74) is 9.50. The average molecular weight is 267 g/mol. The molecule has 2 aliphatic rings. The molecular formula is C15H23ClN2. The predicted octanol–water partition coefficient (Wildman–Crippen LogP) is 3.09. The summed E-state index contributed by atoms with van der Waals surface area (Å²) in [6, 6.07) is 8.90. The Balaban J connectivity index is 0.00000120. The van der Waals surface area contributed by atoms with E-state index in [4.69, 9.17) is 5.73 Å². The van der Waals surface area contributed by atoms with E-state index < -0.39 is 0 Å². The van der Waals surface area contributed by atoms with Gasteiger partial charge < -0.3 is 10.6 Å². The summed E-state index contributed by atoms with van der Waals surface area (Å²) in [6.45, 7) is 6.35. The zero-order valence-corrected chi connectivity index (χ0v) is 12.1. The van der Waals surface area contributed by atoms with Gasteiger partial charge in [0.1, 0.15) is 0 Å². The summed E-state index contributed by atoms with van der Waals surface area (Å²) >= 11 is 0. The minimum Gasteiger partial charge on any atom is -0.369 e. The first-order chi connectivity index (χ1) is 8.00. The predicted molar refractivity (Wildman–Crippen MR) is 79.7 cm³/mol. The van der Waals surface area contributed by atoms with Gasteiger partial charge in [0.2, 0.25) is 0 Å². The van der Waals surface area contributed by atoms with E-state index in [2.05, 4.69) is 43.0 Å². The first-order valence-electron chi connectivity index (χ1n) is 6.64. The Morgan fingerprint density at radius 1 is 1.28 bits per heavy atom. The largest absolute Gasteiger partial charge is 0.369 e. The summed E-state index contributed by atoms with van der Waals surface area (Å²) in [5, 5.41) is 0. The van der Waals surface area contributed by atoms with E-state index in [1.54, 1.807) is 5.56 Å². The molecule has 1 aliphatic carbocycles. The normalized spacial score (nSPS) is 20.3. The van der Waals surface area contributed by atoms with Gasteiger partial charge in [0.25, 0.3) is 0 Å². The van der Waals surface area contributed by atoms with Gasteiger partial charge in [-0.1, -0.05) is 24.6 Å². The van der Waals surface area contributed by atoms with Crippen molar-refractivity contribution in [3.63, 3.8) is 0 Å². The summed E-state index contributed by atoms with van der Waals surface area (Å²) < 4.78 is 0. The summed E-state index contributed by atoms with van der Waals surface area (Å²) in [5.74, 6) is 0. The molecule has 2 N–H and O–H groups in total. The molecular weight excluding hydrogens is 244 g/mol. The van der Waals surface area contributed by atoms with Crippen molar-refractivity contribution >= 4 is 18.1 Å². The van der Waals surface area contributed by atoms with E-state index in [0.29, 0.717) is 5.41 Å². The van der Waals surface area contributed by atoms with Crippen LogP contribution in [0.5, 0.6) is 0 Å². The number of nitrogens with two attached hydrogens (primary N) is 1. The van der Waals surface area contributed by atoms with Crippen LogP contribution < -0.4 is 10.6 Å². The number of hydrogen-bond acceptors (Lipinski definition) is 2. The van der Waals surface area contributed by atoms with Crippen molar-refractivity contribution < 1.29 is 0 Å². The molecule has 0 amide bonds. The Kier molecular flexibility index (Phi) is 3.37. The number of nitrogens with zero attached hydrogens (tertiary/aromatic N) is 1. The van der Waals surface area contributed by atoms with E-state index in [9.17, 15) is 0 Å². The number of hydrogen-bond donors (Lipinski definition) is 1. The second-order valence-electron chi connectivity index (χ2n) is 6.50. The van der Waals surface area contributed by atoms with Gasteiger partial charge in [0, 0.05) is 29.7 Å². The van der Waals surface area contributed by atoms with Gasteiger partial charge in [0.05, 0.1) is 0 Å². The summed E-state index contributed by atoms with van der Waals surface area (Å²) in [4.78, 5) is 2.49. The van der Waals surface area contributed by atoms with Crippen molar-refractivity contribution in [3.8, 4) is 0 Å². The summed E-state index contributed by atoms with van der Waals surface area (Å²) in [7, 11) is 0. The molecule has 1 heterocycles. The Hall–Kier alpha value is -0.730. The molecule has 0 unspecified atom stereocenters. The summed E-state index contributed by atoms with van der Waals surface area (Å²) in [6.07, 6.45) is 4.09. The fourth-order valence-corrected chi connectivity index (χ4v) is 3.40. The lowest BCUT2D eigenvalue weighted by atomic mass is 9.66. The van der Waals surface area contributed by atoms with E-state index >= 15 is 0 Å². The Bertz CT molecular complexity index is 432. The maximum absolute atomic E-state index is 6.18. The fourth-order valence-electron chi connectivity index (χ4n) is 3.40. The van der Waals surface area contributed by atoms with Gasteiger partial charge >= 0.3 is 0 Å². The first-order valence-corrected chi connectivity index (χ1v) is 6.64. The van der Waals surface area contributed by atoms with Crippen LogP contribution in [0.1, 0.15) is 38.7 Å². The van der Waals surface area contributed by atoms with E-state index in [0.717, 1.165) is 6.54 Å². The smallest absolute Gasteiger partial charge is 0.0406 e. The second kappa shape index (κ2) is 4.43. The van der Waals surface area contributed by atoms with Gasteiger partial charge in [-0.3, -0.25) is 0 Å². The van der Waals surface area contributed by atoms with Gasteiger partial charge in [0.15, 0.2) is 0 Å². The van der Waals surface area contributed by atoms with Crippen molar-refractivity contribution in [1.29, 1.82) is 0 Å². The third kappa shape index (κ3) is 2.12. The highest BCUT2D eigenvalue weighted by Crippen LogP contribution is 2.52. The molecule has 1 aromatic carbocycles. The molecule has 1 saturated carbocycles. The number of anilines is 1. The molecule has 0 radical (unpaired) electrons. The van der Waals surface area contributed by atoms with Crippen LogP contribution >= 0.6 is 12.4 Å². The van der Waals surface area contributed by atoms with Crippen LogP contribution in [0, 0.1) is 0 Å². The quantitative estimate of drug-likeness (QED) is 0.891. The Labute approximate surface area is 116 Å².